The monoisotopic (exact) mass is 535 g/mol. The van der Waals surface area contributed by atoms with Gasteiger partial charge in [-0.1, -0.05) is 45.1 Å². The summed E-state index contributed by atoms with van der Waals surface area (Å²) in [6.45, 7) is 2.18. The van der Waals surface area contributed by atoms with Crippen LogP contribution in [0.1, 0.15) is 87.3 Å². The average Bonchev–Trinajstić information content (AvgIpc) is 3.05. The Bertz CT molecular complexity index is 753. The zero-order valence-corrected chi connectivity index (χ0v) is 20.5. The van der Waals surface area contributed by atoms with E-state index < -0.39 is 13.4 Å². The summed E-state index contributed by atoms with van der Waals surface area (Å²) in [5, 5.41) is 0. The Morgan fingerprint density at radius 2 is 2.03 bits per heavy atom. The molecule has 3 atom stereocenters. The highest BCUT2D eigenvalue weighted by Crippen LogP contribution is 2.45. The molecule has 0 radical (unpaired) electrons. The standard InChI is InChI=1S/C22H35INO4P/c1-2-3-4-5-6-16-7-8-17-12-20(21(23)13-19(17)11-16)18-9-10-22(24,14-18)15-28-29(25,26)27/h12-13,16,18H,2-11,14-15,24H2,1H3,(H2,25,26,27)/t16-,18-,22+/m0/s1. The Balaban J connectivity index is 1.62. The van der Waals surface area contributed by atoms with Gasteiger partial charge in [0.05, 0.1) is 6.61 Å². The number of phosphoric acid groups is 1. The largest absolute Gasteiger partial charge is 0.469 e. The van der Waals surface area contributed by atoms with Crippen molar-refractivity contribution in [2.75, 3.05) is 6.61 Å². The Morgan fingerprint density at radius 3 is 2.76 bits per heavy atom. The molecule has 0 heterocycles. The Hall–Kier alpha value is 0.0200. The molecule has 1 aromatic rings. The summed E-state index contributed by atoms with van der Waals surface area (Å²) in [5.74, 6) is 1.17. The molecule has 1 saturated carbocycles. The average molecular weight is 535 g/mol. The van der Waals surface area contributed by atoms with Crippen LogP contribution >= 0.6 is 30.4 Å². The minimum absolute atomic E-state index is 0.0883. The summed E-state index contributed by atoms with van der Waals surface area (Å²) < 4.78 is 17.1. The predicted octanol–water partition coefficient (Wildman–Crippen LogP) is 5.44. The molecule has 0 saturated heterocycles. The van der Waals surface area contributed by atoms with E-state index in [1.807, 2.05) is 0 Å². The van der Waals surface area contributed by atoms with Crippen molar-refractivity contribution in [3.63, 3.8) is 0 Å². The normalized spacial score (nSPS) is 27.2. The molecule has 1 aromatic carbocycles. The second-order valence-corrected chi connectivity index (χ2v) is 11.6. The number of hydrogen-bond acceptors (Lipinski definition) is 3. The van der Waals surface area contributed by atoms with Crippen LogP contribution in [-0.4, -0.2) is 21.9 Å². The topological polar surface area (TPSA) is 92.8 Å². The van der Waals surface area contributed by atoms with Gasteiger partial charge in [0.1, 0.15) is 0 Å². The third-order valence-electron chi connectivity index (χ3n) is 6.72. The third-order valence-corrected chi connectivity index (χ3v) is 8.12. The molecule has 0 aromatic heterocycles. The van der Waals surface area contributed by atoms with Crippen molar-refractivity contribution in [3.05, 3.63) is 32.4 Å². The number of rotatable bonds is 9. The lowest BCUT2D eigenvalue weighted by molar-refractivity contribution is 0.153. The molecule has 5 nitrogen and oxygen atoms in total. The zero-order chi connectivity index (χ0) is 21.1. The van der Waals surface area contributed by atoms with Gasteiger partial charge >= 0.3 is 7.82 Å². The van der Waals surface area contributed by atoms with Crippen LogP contribution in [0, 0.1) is 9.49 Å². The van der Waals surface area contributed by atoms with E-state index >= 15 is 0 Å². The van der Waals surface area contributed by atoms with E-state index in [1.54, 1.807) is 0 Å². The maximum atomic E-state index is 11.0. The van der Waals surface area contributed by atoms with Gasteiger partial charge in [-0.2, -0.15) is 0 Å². The van der Waals surface area contributed by atoms with Crippen molar-refractivity contribution >= 4 is 30.4 Å². The number of hydrogen-bond donors (Lipinski definition) is 3. The Kier molecular flexibility index (Phi) is 8.24. The zero-order valence-electron chi connectivity index (χ0n) is 17.4. The van der Waals surface area contributed by atoms with Gasteiger partial charge in [-0.15, -0.1) is 0 Å². The molecular formula is C22H35INO4P. The lowest BCUT2D eigenvalue weighted by atomic mass is 9.79. The van der Waals surface area contributed by atoms with E-state index in [-0.39, 0.29) is 6.61 Å². The number of aryl methyl sites for hydroxylation is 1. The molecule has 2 aliphatic rings. The van der Waals surface area contributed by atoms with E-state index in [1.165, 1.54) is 71.6 Å². The maximum Gasteiger partial charge on any atom is 0.469 e. The van der Waals surface area contributed by atoms with Gasteiger partial charge in [0, 0.05) is 9.11 Å². The highest BCUT2D eigenvalue weighted by Gasteiger charge is 2.39. The van der Waals surface area contributed by atoms with E-state index in [4.69, 9.17) is 20.0 Å². The van der Waals surface area contributed by atoms with Gasteiger partial charge < -0.3 is 15.5 Å². The summed E-state index contributed by atoms with van der Waals surface area (Å²) >= 11 is 2.45. The molecule has 29 heavy (non-hydrogen) atoms. The third kappa shape index (κ3) is 6.75. The van der Waals surface area contributed by atoms with Crippen molar-refractivity contribution in [1.29, 1.82) is 0 Å². The van der Waals surface area contributed by atoms with Crippen molar-refractivity contribution in [1.82, 2.24) is 0 Å². The van der Waals surface area contributed by atoms with Crippen molar-refractivity contribution in [2.24, 2.45) is 11.7 Å². The molecule has 2 aliphatic carbocycles. The molecule has 0 aliphatic heterocycles. The molecule has 3 rings (SSSR count). The van der Waals surface area contributed by atoms with Crippen molar-refractivity contribution in [3.8, 4) is 0 Å². The van der Waals surface area contributed by atoms with Gasteiger partial charge in [-0.3, -0.25) is 4.52 Å². The first-order valence-corrected chi connectivity index (χ1v) is 13.6. The van der Waals surface area contributed by atoms with E-state index in [2.05, 4.69) is 41.6 Å². The fourth-order valence-corrected chi connectivity index (χ4v) is 6.46. The number of nitrogens with two attached hydrogens (primary N) is 1. The van der Waals surface area contributed by atoms with Gasteiger partial charge in [0.2, 0.25) is 0 Å². The van der Waals surface area contributed by atoms with E-state index in [9.17, 15) is 4.57 Å². The number of halogens is 1. The van der Waals surface area contributed by atoms with Crippen LogP contribution in [0.2, 0.25) is 0 Å². The lowest BCUT2D eigenvalue weighted by Crippen LogP contribution is -2.41. The smallest absolute Gasteiger partial charge is 0.323 e. The van der Waals surface area contributed by atoms with Crippen molar-refractivity contribution in [2.45, 2.75) is 89.0 Å². The summed E-state index contributed by atoms with van der Waals surface area (Å²) in [7, 11) is -4.48. The van der Waals surface area contributed by atoms with Gasteiger partial charge in [0.15, 0.2) is 0 Å². The van der Waals surface area contributed by atoms with Crippen LogP contribution in [-0.2, 0) is 21.9 Å². The minimum Gasteiger partial charge on any atom is -0.323 e. The Morgan fingerprint density at radius 1 is 1.24 bits per heavy atom. The summed E-state index contributed by atoms with van der Waals surface area (Å²) in [4.78, 5) is 18.0. The number of unbranched alkanes of at least 4 members (excludes halogenated alkanes) is 3. The highest BCUT2D eigenvalue weighted by atomic mass is 127. The van der Waals surface area contributed by atoms with Crippen LogP contribution in [0.25, 0.3) is 0 Å². The van der Waals surface area contributed by atoms with Crippen LogP contribution < -0.4 is 5.73 Å². The molecule has 0 unspecified atom stereocenters. The van der Waals surface area contributed by atoms with Crippen LogP contribution in [0.15, 0.2) is 12.1 Å². The van der Waals surface area contributed by atoms with Gasteiger partial charge in [0.25, 0.3) is 0 Å². The lowest BCUT2D eigenvalue weighted by Gasteiger charge is -2.27. The first kappa shape index (κ1) is 23.7. The molecule has 4 N–H and O–H groups in total. The second-order valence-electron chi connectivity index (χ2n) is 9.17. The molecule has 1 fully saturated rings. The summed E-state index contributed by atoms with van der Waals surface area (Å²) in [5.41, 5.74) is 10.1. The van der Waals surface area contributed by atoms with E-state index in [0.29, 0.717) is 12.3 Å². The van der Waals surface area contributed by atoms with Crippen LogP contribution in [0.5, 0.6) is 0 Å². The van der Waals surface area contributed by atoms with Crippen LogP contribution in [0.3, 0.4) is 0 Å². The van der Waals surface area contributed by atoms with Gasteiger partial charge in [-0.25, -0.2) is 4.57 Å². The Labute approximate surface area is 188 Å². The van der Waals surface area contributed by atoms with Gasteiger partial charge in [-0.05, 0) is 95.7 Å². The maximum absolute atomic E-state index is 11.0. The van der Waals surface area contributed by atoms with Crippen LogP contribution in [0.4, 0.5) is 0 Å². The molecule has 164 valence electrons. The first-order valence-electron chi connectivity index (χ1n) is 11.0. The fourth-order valence-electron chi connectivity index (χ4n) is 5.06. The number of phosphoric ester groups is 1. The predicted molar refractivity (Wildman–Crippen MR) is 125 cm³/mol. The molecule has 0 bridgehead atoms. The quantitative estimate of drug-likeness (QED) is 0.223. The minimum atomic E-state index is -4.48. The summed E-state index contributed by atoms with van der Waals surface area (Å²) in [6, 6.07) is 4.77. The van der Waals surface area contributed by atoms with Crippen molar-refractivity contribution < 1.29 is 18.9 Å². The molecule has 7 heteroatoms. The highest BCUT2D eigenvalue weighted by molar-refractivity contribution is 14.1. The van der Waals surface area contributed by atoms with E-state index in [0.717, 1.165) is 18.8 Å². The fraction of sp³-hybridized carbons (Fsp3) is 0.727. The molecule has 0 amide bonds. The second kappa shape index (κ2) is 10.1. The number of fused-ring (bicyclic) bond motifs is 1. The summed E-state index contributed by atoms with van der Waals surface area (Å²) in [6.07, 6.45) is 12.8. The molecular weight excluding hydrogens is 500 g/mol. The number of benzene rings is 1. The SMILES string of the molecule is CCCCCC[C@H]1CCc2cc([C@H]3CC[C@](N)(COP(=O)(O)O)C3)c(I)cc2C1. The molecule has 0 spiro atoms. The first-order chi connectivity index (χ1) is 13.7.